The highest BCUT2D eigenvalue weighted by Gasteiger charge is 2.44. The second kappa shape index (κ2) is 2.03. The van der Waals surface area contributed by atoms with Gasteiger partial charge < -0.3 is 10.8 Å². The average Bonchev–Trinajstić information content (AvgIpc) is 2.60. The zero-order valence-corrected chi connectivity index (χ0v) is 6.43. The molecule has 1 fully saturated rings. The Morgan fingerprint density at radius 1 is 1.55 bits per heavy atom. The van der Waals surface area contributed by atoms with Gasteiger partial charge in [0.05, 0.1) is 0 Å². The summed E-state index contributed by atoms with van der Waals surface area (Å²) >= 11 is 0. The summed E-state index contributed by atoms with van der Waals surface area (Å²) < 4.78 is 0. The number of hydrogen-bond acceptors (Lipinski definition) is 2. The minimum absolute atomic E-state index is 0.0214. The van der Waals surface area contributed by atoms with Gasteiger partial charge in [0.2, 0.25) is 0 Å². The highest BCUT2D eigenvalue weighted by atomic mass is 14.5. The number of rotatable bonds is 2. The Morgan fingerprint density at radius 2 is 2.36 bits per heavy atom. The fraction of sp³-hybridized carbons (Fsp3) is 0.556. The summed E-state index contributed by atoms with van der Waals surface area (Å²) in [6, 6.07) is 0. The summed E-state index contributed by atoms with van der Waals surface area (Å²) in [7, 11) is 0. The topological polar surface area (TPSA) is 47.7 Å². The highest BCUT2D eigenvalue weighted by molar-refractivity contribution is 5.88. The van der Waals surface area contributed by atoms with Crippen LogP contribution in [0, 0.1) is 22.2 Å². The third kappa shape index (κ3) is 0.724. The fourth-order valence-electron chi connectivity index (χ4n) is 2.35. The molecule has 0 amide bonds. The Kier molecular flexibility index (Phi) is 1.25. The molecule has 0 aliphatic heterocycles. The lowest BCUT2D eigenvalue weighted by Crippen LogP contribution is -2.19. The fourth-order valence-corrected chi connectivity index (χ4v) is 2.35. The van der Waals surface area contributed by atoms with Crippen LogP contribution in [0.2, 0.25) is 0 Å². The Morgan fingerprint density at radius 3 is 2.82 bits per heavy atom. The van der Waals surface area contributed by atoms with E-state index in [9.17, 15) is 0 Å². The van der Waals surface area contributed by atoms with Crippen LogP contribution in [0.5, 0.6) is 0 Å². The first-order valence-corrected chi connectivity index (χ1v) is 4.05. The third-order valence-electron chi connectivity index (χ3n) is 3.01. The van der Waals surface area contributed by atoms with E-state index in [2.05, 4.69) is 6.08 Å². The van der Waals surface area contributed by atoms with Crippen LogP contribution >= 0.6 is 0 Å². The van der Waals surface area contributed by atoms with Gasteiger partial charge in [-0.15, -0.1) is 0 Å². The van der Waals surface area contributed by atoms with E-state index in [0.29, 0.717) is 5.92 Å². The van der Waals surface area contributed by atoms with E-state index in [1.165, 1.54) is 18.9 Å². The van der Waals surface area contributed by atoms with Gasteiger partial charge in [0.15, 0.2) is 0 Å². The molecule has 0 aromatic heterocycles. The molecule has 2 bridgehead atoms. The molecular formula is C9H12N2. The Bertz CT molecular complexity index is 242. The predicted molar refractivity (Wildman–Crippen MR) is 45.4 cm³/mol. The number of fused-ring (bicyclic) bond motifs is 2. The molecule has 0 aromatic carbocycles. The number of hydrogen-bond donors (Lipinski definition) is 2. The highest BCUT2D eigenvalue weighted by Crippen LogP contribution is 2.51. The first-order chi connectivity index (χ1) is 5.30. The van der Waals surface area contributed by atoms with Crippen LogP contribution in [-0.4, -0.2) is 12.4 Å². The minimum Gasteiger partial charge on any atom is -0.312 e. The van der Waals surface area contributed by atoms with Crippen LogP contribution in [0.3, 0.4) is 0 Å². The summed E-state index contributed by atoms with van der Waals surface area (Å²) in [5, 5.41) is 14.5. The van der Waals surface area contributed by atoms with Gasteiger partial charge in [0.1, 0.15) is 0 Å². The average molecular weight is 148 g/mol. The van der Waals surface area contributed by atoms with Crippen LogP contribution in [0.25, 0.3) is 0 Å². The molecule has 58 valence electrons. The monoisotopic (exact) mass is 148 g/mol. The lowest BCUT2D eigenvalue weighted by Gasteiger charge is -2.21. The summed E-state index contributed by atoms with van der Waals surface area (Å²) in [5.41, 5.74) is 1.05. The summed E-state index contributed by atoms with van der Waals surface area (Å²) in [6.07, 6.45) is 8.51. The van der Waals surface area contributed by atoms with Crippen molar-refractivity contribution >= 4 is 12.4 Å². The minimum atomic E-state index is -0.0214. The molecule has 11 heavy (non-hydrogen) atoms. The van der Waals surface area contributed by atoms with Gasteiger partial charge in [0, 0.05) is 17.8 Å². The van der Waals surface area contributed by atoms with Crippen molar-refractivity contribution in [2.45, 2.75) is 19.3 Å². The summed E-state index contributed by atoms with van der Waals surface area (Å²) in [5.74, 6) is 0.660. The molecule has 0 heterocycles. The van der Waals surface area contributed by atoms with Gasteiger partial charge in [0.25, 0.3) is 0 Å². The molecule has 2 atom stereocenters. The van der Waals surface area contributed by atoms with E-state index in [-0.39, 0.29) is 5.41 Å². The van der Waals surface area contributed by atoms with Crippen molar-refractivity contribution < 1.29 is 0 Å². The van der Waals surface area contributed by atoms with Crippen LogP contribution in [0.4, 0.5) is 0 Å². The molecular weight excluding hydrogens is 136 g/mol. The molecule has 2 unspecified atom stereocenters. The van der Waals surface area contributed by atoms with E-state index in [1.807, 2.05) is 0 Å². The smallest absolute Gasteiger partial charge is 0.0316 e. The molecule has 2 nitrogen and oxygen atoms in total. The van der Waals surface area contributed by atoms with E-state index in [4.69, 9.17) is 10.8 Å². The predicted octanol–water partition coefficient (Wildman–Crippen LogP) is 2.01. The van der Waals surface area contributed by atoms with Crippen molar-refractivity contribution in [3.63, 3.8) is 0 Å². The second-order valence-electron chi connectivity index (χ2n) is 3.57. The largest absolute Gasteiger partial charge is 0.312 e. The Labute approximate surface area is 66.3 Å². The second-order valence-corrected chi connectivity index (χ2v) is 3.57. The van der Waals surface area contributed by atoms with Crippen molar-refractivity contribution in [1.82, 2.24) is 0 Å². The SMILES string of the molecule is N=CC1=CC2CCC1(C=N)C2. The first kappa shape index (κ1) is 6.77. The molecule has 0 spiro atoms. The van der Waals surface area contributed by atoms with Crippen LogP contribution in [0.15, 0.2) is 11.6 Å². The van der Waals surface area contributed by atoms with E-state index in [1.54, 1.807) is 0 Å². The molecule has 1 saturated carbocycles. The van der Waals surface area contributed by atoms with E-state index in [0.717, 1.165) is 18.4 Å². The molecule has 0 aromatic rings. The normalized spacial score (nSPS) is 40.4. The molecule has 2 heteroatoms. The van der Waals surface area contributed by atoms with E-state index >= 15 is 0 Å². The number of allylic oxidation sites excluding steroid dienone is 2. The van der Waals surface area contributed by atoms with Gasteiger partial charge in [-0.25, -0.2) is 0 Å². The van der Waals surface area contributed by atoms with Crippen molar-refractivity contribution in [1.29, 1.82) is 10.8 Å². The van der Waals surface area contributed by atoms with E-state index < -0.39 is 0 Å². The van der Waals surface area contributed by atoms with Crippen LogP contribution in [-0.2, 0) is 0 Å². The van der Waals surface area contributed by atoms with Crippen molar-refractivity contribution in [3.05, 3.63) is 11.6 Å². The molecule has 2 rings (SSSR count). The standard InChI is InChI=1S/C9H12N2/c10-5-8-3-7-1-2-9(8,4-7)6-11/h3,5-7,10-11H,1-2,4H2. The van der Waals surface area contributed by atoms with Crippen molar-refractivity contribution in [2.24, 2.45) is 11.3 Å². The van der Waals surface area contributed by atoms with Gasteiger partial charge in [-0.1, -0.05) is 6.08 Å². The first-order valence-electron chi connectivity index (χ1n) is 4.05. The molecule has 2 N–H and O–H groups in total. The molecule has 0 saturated heterocycles. The summed E-state index contributed by atoms with van der Waals surface area (Å²) in [6.45, 7) is 0. The third-order valence-corrected chi connectivity index (χ3v) is 3.01. The van der Waals surface area contributed by atoms with Gasteiger partial charge in [-0.05, 0) is 30.8 Å². The van der Waals surface area contributed by atoms with Gasteiger partial charge >= 0.3 is 0 Å². The lowest BCUT2D eigenvalue weighted by molar-refractivity contribution is 0.563. The van der Waals surface area contributed by atoms with Crippen LogP contribution in [0.1, 0.15) is 19.3 Å². The molecule has 0 radical (unpaired) electrons. The molecule has 2 aliphatic rings. The lowest BCUT2D eigenvalue weighted by atomic mass is 9.82. The number of nitrogens with one attached hydrogen (secondary N) is 2. The maximum Gasteiger partial charge on any atom is 0.0316 e. The van der Waals surface area contributed by atoms with Crippen LogP contribution < -0.4 is 0 Å². The zero-order chi connectivity index (χ0) is 7.90. The van der Waals surface area contributed by atoms with Crippen molar-refractivity contribution in [2.75, 3.05) is 0 Å². The maximum atomic E-state index is 7.34. The van der Waals surface area contributed by atoms with Gasteiger partial charge in [-0.2, -0.15) is 0 Å². The quantitative estimate of drug-likeness (QED) is 0.563. The maximum absolute atomic E-state index is 7.34. The molecule has 2 aliphatic carbocycles. The van der Waals surface area contributed by atoms with Gasteiger partial charge in [-0.3, -0.25) is 0 Å². The Balaban J connectivity index is 2.41. The Hall–Kier alpha value is -0.920. The van der Waals surface area contributed by atoms with Crippen molar-refractivity contribution in [3.8, 4) is 0 Å². The zero-order valence-electron chi connectivity index (χ0n) is 6.43. The summed E-state index contributed by atoms with van der Waals surface area (Å²) in [4.78, 5) is 0.